The van der Waals surface area contributed by atoms with Gasteiger partial charge in [0, 0.05) is 16.7 Å². The first-order valence-corrected chi connectivity index (χ1v) is 7.98. The Morgan fingerprint density at radius 1 is 0.704 bits per heavy atom. The predicted octanol–water partition coefficient (Wildman–Crippen LogP) is 1.29. The van der Waals surface area contributed by atoms with Crippen LogP contribution in [0.25, 0.3) is 39.7 Å². The van der Waals surface area contributed by atoms with Crippen molar-refractivity contribution in [3.8, 4) is 39.7 Å². The number of nitrogens with zero attached hydrogens (tertiary/aromatic N) is 9. The summed E-state index contributed by atoms with van der Waals surface area (Å²) < 4.78 is 1.69. The van der Waals surface area contributed by atoms with E-state index in [9.17, 15) is 0 Å². The number of hydrogen-bond donors (Lipinski definition) is 2. The number of benzene rings is 2. The van der Waals surface area contributed by atoms with E-state index < -0.39 is 0 Å². The fraction of sp³-hybridized carbons (Fsp3) is 0. The molecule has 0 bridgehead atoms. The maximum absolute atomic E-state index is 4.28. The number of rotatable bonds is 4. The topological polar surface area (TPSA) is 140 Å². The smallest absolute Gasteiger partial charge is 0.204 e. The highest BCUT2D eigenvalue weighted by Gasteiger charge is 2.10. The molecule has 0 unspecified atom stereocenters. The van der Waals surface area contributed by atoms with E-state index in [-0.39, 0.29) is 0 Å². The van der Waals surface area contributed by atoms with Gasteiger partial charge >= 0.3 is 0 Å². The van der Waals surface area contributed by atoms with Gasteiger partial charge in [0.05, 0.1) is 11.9 Å². The van der Waals surface area contributed by atoms with Gasteiger partial charge in [0.15, 0.2) is 0 Å². The van der Waals surface area contributed by atoms with Crippen LogP contribution in [0.4, 0.5) is 0 Å². The minimum atomic E-state index is 0.519. The van der Waals surface area contributed by atoms with E-state index in [0.717, 1.165) is 28.1 Å². The summed E-state index contributed by atoms with van der Waals surface area (Å²) in [5, 5.41) is 36.6. The number of nitrogens with one attached hydrogen (secondary N) is 2. The number of aromatic nitrogens is 11. The summed E-state index contributed by atoms with van der Waals surface area (Å²) in [6, 6.07) is 15.4. The van der Waals surface area contributed by atoms with Gasteiger partial charge < -0.3 is 0 Å². The average molecular weight is 357 g/mol. The van der Waals surface area contributed by atoms with E-state index in [0.29, 0.717) is 11.6 Å². The second-order valence-electron chi connectivity index (χ2n) is 5.65. The molecule has 0 aliphatic rings. The Balaban J connectivity index is 1.49. The summed E-state index contributed by atoms with van der Waals surface area (Å²) in [6.07, 6.45) is 1.85. The molecule has 5 rings (SSSR count). The first kappa shape index (κ1) is 15.0. The summed E-state index contributed by atoms with van der Waals surface area (Å²) in [5.41, 5.74) is 4.14. The molecule has 0 saturated carbocycles. The summed E-state index contributed by atoms with van der Waals surface area (Å²) in [7, 11) is 0. The molecule has 2 N–H and O–H groups in total. The Morgan fingerprint density at radius 3 is 2.07 bits per heavy atom. The van der Waals surface area contributed by atoms with E-state index in [1.807, 2.05) is 54.7 Å². The second kappa shape index (κ2) is 6.22. The highest BCUT2D eigenvalue weighted by Crippen LogP contribution is 2.24. The van der Waals surface area contributed by atoms with Crippen molar-refractivity contribution in [1.82, 2.24) is 56.2 Å². The normalized spacial score (nSPS) is 11.0. The molecule has 0 aliphatic carbocycles. The van der Waals surface area contributed by atoms with Gasteiger partial charge in [0.1, 0.15) is 5.69 Å². The van der Waals surface area contributed by atoms with Crippen LogP contribution in [0.2, 0.25) is 0 Å². The van der Waals surface area contributed by atoms with Crippen LogP contribution in [0.5, 0.6) is 0 Å². The zero-order chi connectivity index (χ0) is 18.1. The minimum Gasteiger partial charge on any atom is -0.220 e. The summed E-state index contributed by atoms with van der Waals surface area (Å²) in [4.78, 5) is 0. The molecule has 11 heteroatoms. The van der Waals surface area contributed by atoms with Crippen LogP contribution in [0.15, 0.2) is 54.7 Å². The lowest BCUT2D eigenvalue weighted by molar-refractivity contribution is 0.804. The Hall–Kier alpha value is -4.28. The fourth-order valence-corrected chi connectivity index (χ4v) is 2.70. The molecule has 0 atom stereocenters. The lowest BCUT2D eigenvalue weighted by atomic mass is 10.1. The minimum absolute atomic E-state index is 0.519. The molecular formula is C16H11N11. The van der Waals surface area contributed by atoms with Crippen LogP contribution in [0.3, 0.4) is 0 Å². The van der Waals surface area contributed by atoms with Gasteiger partial charge in [-0.05, 0) is 28.6 Å². The molecule has 130 valence electrons. The molecule has 5 aromatic rings. The third-order valence-electron chi connectivity index (χ3n) is 3.97. The van der Waals surface area contributed by atoms with Gasteiger partial charge in [0.2, 0.25) is 11.6 Å². The van der Waals surface area contributed by atoms with Crippen molar-refractivity contribution in [2.75, 3.05) is 0 Å². The van der Waals surface area contributed by atoms with E-state index in [1.165, 1.54) is 0 Å². The van der Waals surface area contributed by atoms with Crippen LogP contribution < -0.4 is 0 Å². The second-order valence-corrected chi connectivity index (χ2v) is 5.65. The number of H-pyrrole nitrogens is 2. The molecule has 0 fully saturated rings. The average Bonchev–Trinajstić information content (AvgIpc) is 3.51. The van der Waals surface area contributed by atoms with Crippen LogP contribution in [0, 0.1) is 0 Å². The van der Waals surface area contributed by atoms with Crippen molar-refractivity contribution in [2.24, 2.45) is 0 Å². The fourth-order valence-electron chi connectivity index (χ4n) is 2.70. The van der Waals surface area contributed by atoms with E-state index in [4.69, 9.17) is 0 Å². The van der Waals surface area contributed by atoms with E-state index in [1.54, 1.807) is 4.68 Å². The molecular weight excluding hydrogens is 346 g/mol. The van der Waals surface area contributed by atoms with Crippen molar-refractivity contribution in [1.29, 1.82) is 0 Å². The van der Waals surface area contributed by atoms with Gasteiger partial charge in [0.25, 0.3) is 0 Å². The van der Waals surface area contributed by atoms with Crippen molar-refractivity contribution < 1.29 is 0 Å². The van der Waals surface area contributed by atoms with Crippen LogP contribution >= 0.6 is 0 Å². The molecule has 0 spiro atoms. The molecule has 0 saturated heterocycles. The van der Waals surface area contributed by atoms with Crippen LogP contribution in [-0.2, 0) is 0 Å². The quantitative estimate of drug-likeness (QED) is 0.490. The van der Waals surface area contributed by atoms with Crippen molar-refractivity contribution in [2.45, 2.75) is 0 Å². The Morgan fingerprint density at radius 2 is 1.37 bits per heavy atom. The van der Waals surface area contributed by atoms with Gasteiger partial charge in [-0.25, -0.2) is 4.68 Å². The molecule has 3 heterocycles. The maximum Gasteiger partial charge on any atom is 0.204 e. The third-order valence-corrected chi connectivity index (χ3v) is 3.97. The van der Waals surface area contributed by atoms with Gasteiger partial charge in [-0.15, -0.1) is 25.5 Å². The number of aromatic amines is 2. The van der Waals surface area contributed by atoms with Crippen LogP contribution in [0.1, 0.15) is 0 Å². The molecule has 0 amide bonds. The molecule has 27 heavy (non-hydrogen) atoms. The van der Waals surface area contributed by atoms with Crippen molar-refractivity contribution >= 4 is 0 Å². The Bertz CT molecular complexity index is 1080. The third kappa shape index (κ3) is 2.82. The number of tetrazole rings is 2. The predicted molar refractivity (Wildman–Crippen MR) is 93.1 cm³/mol. The lowest BCUT2D eigenvalue weighted by Crippen LogP contribution is -1.95. The van der Waals surface area contributed by atoms with E-state index in [2.05, 4.69) is 51.6 Å². The summed E-state index contributed by atoms with van der Waals surface area (Å²) in [6.45, 7) is 0. The zero-order valence-electron chi connectivity index (χ0n) is 13.7. The monoisotopic (exact) mass is 357 g/mol. The zero-order valence-corrected chi connectivity index (χ0v) is 13.7. The van der Waals surface area contributed by atoms with E-state index >= 15 is 0 Å². The Labute approximate surface area is 151 Å². The first-order valence-electron chi connectivity index (χ1n) is 7.98. The summed E-state index contributed by atoms with van der Waals surface area (Å²) in [5.74, 6) is 1.04. The van der Waals surface area contributed by atoms with Crippen molar-refractivity contribution in [3.63, 3.8) is 0 Å². The molecule has 0 aliphatic heterocycles. The lowest BCUT2D eigenvalue weighted by Gasteiger charge is -2.01. The highest BCUT2D eigenvalue weighted by molar-refractivity contribution is 5.67. The SMILES string of the molecule is c1cc(-c2cn(-c3cccc(-c4nn[nH]n4)c3)nn2)cc(-c2nn[nH]n2)c1. The van der Waals surface area contributed by atoms with Crippen molar-refractivity contribution in [3.05, 3.63) is 54.7 Å². The summed E-state index contributed by atoms with van der Waals surface area (Å²) >= 11 is 0. The van der Waals surface area contributed by atoms with Crippen LogP contribution in [-0.4, -0.2) is 56.2 Å². The van der Waals surface area contributed by atoms with Gasteiger partial charge in [-0.3, -0.25) is 0 Å². The van der Waals surface area contributed by atoms with Gasteiger partial charge in [-0.1, -0.05) is 35.5 Å². The molecule has 2 aromatic carbocycles. The van der Waals surface area contributed by atoms with Gasteiger partial charge in [-0.2, -0.15) is 10.4 Å². The first-order chi connectivity index (χ1) is 13.4. The maximum atomic E-state index is 4.28. The standard InChI is InChI=1S/C16H11N11/c1-3-10(7-11(4-1)15-18-22-23-19-15)14-9-27(26-17-14)13-6-2-5-12(8-13)16-20-24-25-21-16/h1-9H,(H,18,19,22,23)(H,20,21,24,25). The molecule has 3 aromatic heterocycles. The molecule has 0 radical (unpaired) electrons. The Kier molecular flexibility index (Phi) is 3.46. The molecule has 11 nitrogen and oxygen atoms in total. The largest absolute Gasteiger partial charge is 0.220 e. The highest BCUT2D eigenvalue weighted by atomic mass is 15.5. The number of hydrogen-bond acceptors (Lipinski definition) is 8.